The highest BCUT2D eigenvalue weighted by molar-refractivity contribution is 7.09. The van der Waals surface area contributed by atoms with Crippen molar-refractivity contribution in [3.05, 3.63) is 16.6 Å². The van der Waals surface area contributed by atoms with E-state index in [9.17, 15) is 4.79 Å². The SMILES string of the molecule is CC(C)(C(=O)NCc1cncs1)N1CCNCC1. The van der Waals surface area contributed by atoms with E-state index in [1.807, 2.05) is 13.8 Å². The minimum atomic E-state index is -0.452. The summed E-state index contributed by atoms with van der Waals surface area (Å²) in [5.41, 5.74) is 1.33. The molecule has 0 atom stereocenters. The van der Waals surface area contributed by atoms with Crippen molar-refractivity contribution in [1.29, 1.82) is 0 Å². The van der Waals surface area contributed by atoms with E-state index in [-0.39, 0.29) is 5.91 Å². The van der Waals surface area contributed by atoms with Crippen molar-refractivity contribution in [3.63, 3.8) is 0 Å². The molecular weight excluding hydrogens is 248 g/mol. The van der Waals surface area contributed by atoms with Crippen molar-refractivity contribution in [2.75, 3.05) is 26.2 Å². The molecule has 1 aromatic rings. The summed E-state index contributed by atoms with van der Waals surface area (Å²) in [7, 11) is 0. The fraction of sp³-hybridized carbons (Fsp3) is 0.667. The highest BCUT2D eigenvalue weighted by Crippen LogP contribution is 2.15. The summed E-state index contributed by atoms with van der Waals surface area (Å²) in [4.78, 5) is 19.6. The monoisotopic (exact) mass is 268 g/mol. The average Bonchev–Trinajstić information content (AvgIpc) is 2.90. The van der Waals surface area contributed by atoms with Crippen LogP contribution in [0.5, 0.6) is 0 Å². The Labute approximate surface area is 112 Å². The average molecular weight is 268 g/mol. The lowest BCUT2D eigenvalue weighted by Gasteiger charge is -2.39. The van der Waals surface area contributed by atoms with Crippen molar-refractivity contribution in [2.24, 2.45) is 0 Å². The molecule has 6 heteroatoms. The van der Waals surface area contributed by atoms with Crippen LogP contribution in [0, 0.1) is 0 Å². The van der Waals surface area contributed by atoms with Gasteiger partial charge in [-0.1, -0.05) is 0 Å². The van der Waals surface area contributed by atoms with Gasteiger partial charge in [-0.2, -0.15) is 0 Å². The molecule has 18 heavy (non-hydrogen) atoms. The number of piperazine rings is 1. The van der Waals surface area contributed by atoms with Crippen molar-refractivity contribution >= 4 is 17.2 Å². The van der Waals surface area contributed by atoms with E-state index < -0.39 is 5.54 Å². The number of rotatable bonds is 4. The van der Waals surface area contributed by atoms with Gasteiger partial charge in [0.2, 0.25) is 5.91 Å². The van der Waals surface area contributed by atoms with E-state index >= 15 is 0 Å². The second-order valence-electron chi connectivity index (χ2n) is 4.95. The van der Waals surface area contributed by atoms with Crippen LogP contribution in [0.4, 0.5) is 0 Å². The van der Waals surface area contributed by atoms with E-state index in [1.54, 1.807) is 23.0 Å². The van der Waals surface area contributed by atoms with E-state index in [0.29, 0.717) is 6.54 Å². The van der Waals surface area contributed by atoms with Gasteiger partial charge >= 0.3 is 0 Å². The predicted molar refractivity (Wildman–Crippen MR) is 72.5 cm³/mol. The number of nitrogens with one attached hydrogen (secondary N) is 2. The van der Waals surface area contributed by atoms with E-state index in [4.69, 9.17) is 0 Å². The molecule has 1 fully saturated rings. The van der Waals surface area contributed by atoms with Gasteiger partial charge < -0.3 is 10.6 Å². The molecular formula is C12H20N4OS. The van der Waals surface area contributed by atoms with E-state index in [0.717, 1.165) is 31.1 Å². The highest BCUT2D eigenvalue weighted by Gasteiger charge is 2.34. The minimum Gasteiger partial charge on any atom is -0.350 e. The normalized spacial score (nSPS) is 17.7. The quantitative estimate of drug-likeness (QED) is 0.832. The van der Waals surface area contributed by atoms with Crippen LogP contribution in [0.2, 0.25) is 0 Å². The third-order valence-corrected chi connectivity index (χ3v) is 4.15. The van der Waals surface area contributed by atoms with Crippen LogP contribution >= 0.6 is 11.3 Å². The summed E-state index contributed by atoms with van der Waals surface area (Å²) in [6.45, 7) is 8.28. The minimum absolute atomic E-state index is 0.0813. The third kappa shape index (κ3) is 3.07. The molecule has 0 saturated carbocycles. The van der Waals surface area contributed by atoms with Crippen molar-refractivity contribution in [2.45, 2.75) is 25.9 Å². The Kier molecular flexibility index (Phi) is 4.31. The standard InChI is InChI=1S/C12H20N4OS/c1-12(2,16-5-3-13-4-6-16)11(17)15-8-10-7-14-9-18-10/h7,9,13H,3-6,8H2,1-2H3,(H,15,17). The number of carbonyl (C=O) groups excluding carboxylic acids is 1. The fourth-order valence-corrected chi connectivity index (χ4v) is 2.61. The predicted octanol–water partition coefficient (Wildman–Crippen LogP) is 0.443. The summed E-state index contributed by atoms with van der Waals surface area (Å²) in [6.07, 6.45) is 1.79. The molecule has 0 radical (unpaired) electrons. The van der Waals surface area contributed by atoms with Gasteiger partial charge in [-0.25, -0.2) is 0 Å². The Morgan fingerprint density at radius 1 is 1.56 bits per heavy atom. The Morgan fingerprint density at radius 2 is 2.28 bits per heavy atom. The zero-order chi connectivity index (χ0) is 13.0. The Hall–Kier alpha value is -0.980. The first-order valence-corrected chi connectivity index (χ1v) is 7.10. The maximum absolute atomic E-state index is 12.3. The first kappa shape index (κ1) is 13.5. The molecule has 5 nitrogen and oxygen atoms in total. The van der Waals surface area contributed by atoms with Crippen molar-refractivity contribution in [1.82, 2.24) is 20.5 Å². The van der Waals surface area contributed by atoms with Gasteiger partial charge in [0, 0.05) is 37.3 Å². The van der Waals surface area contributed by atoms with Crippen LogP contribution in [0.1, 0.15) is 18.7 Å². The lowest BCUT2D eigenvalue weighted by molar-refractivity contribution is -0.132. The molecule has 1 aliphatic heterocycles. The molecule has 1 aliphatic rings. The van der Waals surface area contributed by atoms with Crippen LogP contribution < -0.4 is 10.6 Å². The summed E-state index contributed by atoms with van der Waals surface area (Å²) >= 11 is 1.56. The van der Waals surface area contributed by atoms with Crippen molar-refractivity contribution < 1.29 is 4.79 Å². The topological polar surface area (TPSA) is 57.3 Å². The Morgan fingerprint density at radius 3 is 2.89 bits per heavy atom. The number of amides is 1. The first-order chi connectivity index (χ1) is 8.60. The molecule has 2 heterocycles. The molecule has 1 saturated heterocycles. The van der Waals surface area contributed by atoms with Gasteiger partial charge in [-0.05, 0) is 13.8 Å². The molecule has 1 aromatic heterocycles. The Balaban J connectivity index is 1.89. The number of nitrogens with zero attached hydrogens (tertiary/aromatic N) is 2. The van der Waals surface area contributed by atoms with Gasteiger partial charge in [-0.3, -0.25) is 14.7 Å². The molecule has 0 aliphatic carbocycles. The van der Waals surface area contributed by atoms with Gasteiger partial charge in [-0.15, -0.1) is 11.3 Å². The Bertz CT molecular complexity index is 385. The molecule has 0 spiro atoms. The number of hydrogen-bond acceptors (Lipinski definition) is 5. The molecule has 0 aromatic carbocycles. The first-order valence-electron chi connectivity index (χ1n) is 6.22. The van der Waals surface area contributed by atoms with Crippen LogP contribution in [-0.4, -0.2) is 47.5 Å². The van der Waals surface area contributed by atoms with Crippen LogP contribution in [0.15, 0.2) is 11.7 Å². The lowest BCUT2D eigenvalue weighted by atomic mass is 10.0. The van der Waals surface area contributed by atoms with Gasteiger partial charge in [0.1, 0.15) is 0 Å². The van der Waals surface area contributed by atoms with Gasteiger partial charge in [0.25, 0.3) is 0 Å². The molecule has 2 rings (SSSR count). The summed E-state index contributed by atoms with van der Waals surface area (Å²) in [5.74, 6) is 0.0813. The highest BCUT2D eigenvalue weighted by atomic mass is 32.1. The summed E-state index contributed by atoms with van der Waals surface area (Å²) in [5, 5.41) is 6.29. The zero-order valence-corrected chi connectivity index (χ0v) is 11.7. The summed E-state index contributed by atoms with van der Waals surface area (Å²) in [6, 6.07) is 0. The zero-order valence-electron chi connectivity index (χ0n) is 10.9. The number of aromatic nitrogens is 1. The molecule has 100 valence electrons. The number of thiazole rings is 1. The van der Waals surface area contributed by atoms with E-state index in [2.05, 4.69) is 20.5 Å². The molecule has 1 amide bonds. The summed E-state index contributed by atoms with van der Waals surface area (Å²) < 4.78 is 0. The van der Waals surface area contributed by atoms with Crippen LogP contribution in [0.3, 0.4) is 0 Å². The lowest BCUT2D eigenvalue weighted by Crippen LogP contribution is -2.59. The molecule has 0 unspecified atom stereocenters. The maximum atomic E-state index is 12.3. The second-order valence-corrected chi connectivity index (χ2v) is 5.92. The molecule has 2 N–H and O–H groups in total. The van der Waals surface area contributed by atoms with E-state index in [1.165, 1.54) is 0 Å². The number of carbonyl (C=O) groups is 1. The van der Waals surface area contributed by atoms with Gasteiger partial charge in [0.15, 0.2) is 0 Å². The van der Waals surface area contributed by atoms with Gasteiger partial charge in [0.05, 0.1) is 17.6 Å². The number of hydrogen-bond donors (Lipinski definition) is 2. The molecule has 0 bridgehead atoms. The third-order valence-electron chi connectivity index (χ3n) is 3.37. The second kappa shape index (κ2) is 5.77. The smallest absolute Gasteiger partial charge is 0.240 e. The largest absolute Gasteiger partial charge is 0.350 e. The van der Waals surface area contributed by atoms with Crippen LogP contribution in [0.25, 0.3) is 0 Å². The van der Waals surface area contributed by atoms with Crippen LogP contribution in [-0.2, 0) is 11.3 Å². The fourth-order valence-electron chi connectivity index (χ4n) is 2.08. The van der Waals surface area contributed by atoms with Crippen molar-refractivity contribution in [3.8, 4) is 0 Å². The maximum Gasteiger partial charge on any atom is 0.240 e.